The molecule has 2 atom stereocenters. The molecule has 0 saturated carbocycles. The first-order chi connectivity index (χ1) is 11.4. The van der Waals surface area contributed by atoms with E-state index in [-0.39, 0.29) is 23.7 Å². The van der Waals surface area contributed by atoms with Gasteiger partial charge >= 0.3 is 6.03 Å². The normalized spacial score (nSPS) is 26.1. The van der Waals surface area contributed by atoms with E-state index in [2.05, 4.69) is 15.4 Å². The Morgan fingerprint density at radius 1 is 1.50 bits per heavy atom. The van der Waals surface area contributed by atoms with Gasteiger partial charge in [0.25, 0.3) is 0 Å². The Balaban J connectivity index is 1.61. The summed E-state index contributed by atoms with van der Waals surface area (Å²) in [7, 11) is 1.63. The fourth-order valence-electron chi connectivity index (χ4n) is 3.30. The van der Waals surface area contributed by atoms with Crippen molar-refractivity contribution in [3.8, 4) is 0 Å². The topological polar surface area (TPSA) is 81.5 Å². The fraction of sp³-hybridized carbons (Fsp3) is 0.812. The first-order valence-electron chi connectivity index (χ1n) is 8.53. The van der Waals surface area contributed by atoms with Crippen LogP contribution in [0, 0.1) is 0 Å². The van der Waals surface area contributed by atoms with Crippen molar-refractivity contribution in [1.29, 1.82) is 0 Å². The third-order valence-corrected chi connectivity index (χ3v) is 5.04. The Hall–Kier alpha value is -1.67. The SMILES string of the molecule is COCc1nc2n(n1)CC(NC(=O)N1CCOC(C)(C)C1C)CC2. The monoisotopic (exact) mass is 337 g/mol. The summed E-state index contributed by atoms with van der Waals surface area (Å²) in [5.74, 6) is 1.66. The molecule has 0 bridgehead atoms. The van der Waals surface area contributed by atoms with Gasteiger partial charge in [-0.2, -0.15) is 5.10 Å². The summed E-state index contributed by atoms with van der Waals surface area (Å²) in [6, 6.07) is 0.0786. The Bertz CT molecular complexity index is 601. The lowest BCUT2D eigenvalue weighted by Gasteiger charge is -2.44. The lowest BCUT2D eigenvalue weighted by atomic mass is 9.97. The highest BCUT2D eigenvalue weighted by atomic mass is 16.5. The molecule has 0 aliphatic carbocycles. The van der Waals surface area contributed by atoms with Crippen LogP contribution in [0.1, 0.15) is 38.8 Å². The molecule has 2 aliphatic heterocycles. The molecule has 2 aliphatic rings. The van der Waals surface area contributed by atoms with Gasteiger partial charge in [-0.05, 0) is 27.2 Å². The molecule has 8 heteroatoms. The molecule has 0 radical (unpaired) electrons. The molecule has 1 fully saturated rings. The van der Waals surface area contributed by atoms with Crippen molar-refractivity contribution in [2.45, 2.75) is 64.4 Å². The molecule has 3 rings (SSSR count). The fourth-order valence-corrected chi connectivity index (χ4v) is 3.30. The maximum absolute atomic E-state index is 12.7. The Morgan fingerprint density at radius 3 is 3.04 bits per heavy atom. The zero-order valence-corrected chi connectivity index (χ0v) is 14.9. The minimum atomic E-state index is -0.323. The summed E-state index contributed by atoms with van der Waals surface area (Å²) < 4.78 is 12.7. The largest absolute Gasteiger partial charge is 0.377 e. The molecule has 1 N–H and O–H groups in total. The van der Waals surface area contributed by atoms with E-state index in [1.165, 1.54) is 0 Å². The van der Waals surface area contributed by atoms with E-state index < -0.39 is 0 Å². The minimum Gasteiger partial charge on any atom is -0.377 e. The van der Waals surface area contributed by atoms with Crippen LogP contribution < -0.4 is 5.32 Å². The van der Waals surface area contributed by atoms with Gasteiger partial charge in [-0.15, -0.1) is 0 Å². The van der Waals surface area contributed by atoms with Crippen molar-refractivity contribution in [2.75, 3.05) is 20.3 Å². The van der Waals surface area contributed by atoms with Crippen LogP contribution in [-0.2, 0) is 29.0 Å². The van der Waals surface area contributed by atoms with Gasteiger partial charge in [-0.1, -0.05) is 0 Å². The average molecular weight is 337 g/mol. The van der Waals surface area contributed by atoms with Crippen LogP contribution in [0.4, 0.5) is 4.79 Å². The first kappa shape index (κ1) is 17.2. The highest BCUT2D eigenvalue weighted by Crippen LogP contribution is 2.24. The summed E-state index contributed by atoms with van der Waals surface area (Å²) in [5, 5.41) is 7.59. The van der Waals surface area contributed by atoms with Crippen molar-refractivity contribution in [1.82, 2.24) is 25.0 Å². The van der Waals surface area contributed by atoms with Gasteiger partial charge in [0, 0.05) is 20.1 Å². The van der Waals surface area contributed by atoms with E-state index in [0.717, 1.165) is 18.7 Å². The zero-order valence-electron chi connectivity index (χ0n) is 14.9. The molecule has 1 aromatic rings. The number of nitrogens with zero attached hydrogens (tertiary/aromatic N) is 4. The summed E-state index contributed by atoms with van der Waals surface area (Å²) in [4.78, 5) is 19.0. The number of ether oxygens (including phenoxy) is 2. The van der Waals surface area contributed by atoms with Gasteiger partial charge in [0.1, 0.15) is 12.4 Å². The van der Waals surface area contributed by atoms with Crippen molar-refractivity contribution >= 4 is 6.03 Å². The Labute approximate surface area is 142 Å². The molecule has 2 unspecified atom stereocenters. The summed E-state index contributed by atoms with van der Waals surface area (Å²) in [6.45, 7) is 8.34. The van der Waals surface area contributed by atoms with E-state index in [1.807, 2.05) is 30.4 Å². The minimum absolute atomic E-state index is 0.0236. The molecule has 2 amide bonds. The van der Waals surface area contributed by atoms with Crippen molar-refractivity contribution in [3.63, 3.8) is 0 Å². The number of hydrogen-bond donors (Lipinski definition) is 1. The second-order valence-corrected chi connectivity index (χ2v) is 7.07. The second-order valence-electron chi connectivity index (χ2n) is 7.07. The number of hydrogen-bond acceptors (Lipinski definition) is 5. The molecule has 24 heavy (non-hydrogen) atoms. The van der Waals surface area contributed by atoms with Crippen LogP contribution in [-0.4, -0.2) is 63.6 Å². The van der Waals surface area contributed by atoms with Gasteiger partial charge in [0.05, 0.1) is 30.8 Å². The summed E-state index contributed by atoms with van der Waals surface area (Å²) >= 11 is 0. The molecule has 0 spiro atoms. The molecule has 1 aromatic heterocycles. The van der Waals surface area contributed by atoms with Gasteiger partial charge in [0.15, 0.2) is 5.82 Å². The summed E-state index contributed by atoms with van der Waals surface area (Å²) in [5.41, 5.74) is -0.323. The molecular formula is C16H27N5O3. The first-order valence-corrected chi connectivity index (χ1v) is 8.53. The Morgan fingerprint density at radius 2 is 2.29 bits per heavy atom. The molecule has 1 saturated heterocycles. The maximum atomic E-state index is 12.7. The molecule has 0 aromatic carbocycles. The molecule has 134 valence electrons. The van der Waals surface area contributed by atoms with E-state index in [0.29, 0.717) is 32.1 Å². The van der Waals surface area contributed by atoms with Crippen molar-refractivity contribution in [3.05, 3.63) is 11.6 Å². The number of urea groups is 1. The maximum Gasteiger partial charge on any atom is 0.318 e. The average Bonchev–Trinajstić information content (AvgIpc) is 2.92. The standard InChI is InChI=1S/C16H27N5O3/c1-11-16(2,3)24-8-7-20(11)15(22)17-12-5-6-14-18-13(10-23-4)19-21(14)9-12/h11-12H,5-10H2,1-4H3,(H,17,22). The highest BCUT2D eigenvalue weighted by molar-refractivity contribution is 5.75. The molecular weight excluding hydrogens is 310 g/mol. The van der Waals surface area contributed by atoms with Crippen LogP contribution in [0.5, 0.6) is 0 Å². The van der Waals surface area contributed by atoms with Crippen LogP contribution in [0.15, 0.2) is 0 Å². The highest BCUT2D eigenvalue weighted by Gasteiger charge is 2.38. The van der Waals surface area contributed by atoms with Crippen LogP contribution in [0.3, 0.4) is 0 Å². The number of nitrogens with one attached hydrogen (secondary N) is 1. The van der Waals surface area contributed by atoms with Crippen LogP contribution in [0.25, 0.3) is 0 Å². The smallest absolute Gasteiger partial charge is 0.318 e. The van der Waals surface area contributed by atoms with E-state index in [1.54, 1.807) is 7.11 Å². The predicted octanol–water partition coefficient (Wildman–Crippen LogP) is 0.948. The lowest BCUT2D eigenvalue weighted by molar-refractivity contribution is -0.107. The third kappa shape index (κ3) is 3.39. The lowest BCUT2D eigenvalue weighted by Crippen LogP contribution is -2.60. The van der Waals surface area contributed by atoms with Gasteiger partial charge < -0.3 is 19.7 Å². The number of carbonyl (C=O) groups excluding carboxylic acids is 1. The number of aromatic nitrogens is 3. The van der Waals surface area contributed by atoms with Gasteiger partial charge in [0.2, 0.25) is 0 Å². The van der Waals surface area contributed by atoms with Crippen molar-refractivity contribution < 1.29 is 14.3 Å². The third-order valence-electron chi connectivity index (χ3n) is 5.04. The molecule has 3 heterocycles. The zero-order chi connectivity index (χ0) is 17.3. The van der Waals surface area contributed by atoms with Gasteiger partial charge in [-0.3, -0.25) is 0 Å². The van der Waals surface area contributed by atoms with E-state index in [4.69, 9.17) is 9.47 Å². The molecule has 8 nitrogen and oxygen atoms in total. The van der Waals surface area contributed by atoms with Crippen molar-refractivity contribution in [2.24, 2.45) is 0 Å². The second kappa shape index (κ2) is 6.68. The van der Waals surface area contributed by atoms with Crippen LogP contribution >= 0.6 is 0 Å². The quantitative estimate of drug-likeness (QED) is 0.888. The number of morpholine rings is 1. The number of rotatable bonds is 3. The number of carbonyl (C=O) groups is 1. The van der Waals surface area contributed by atoms with Crippen LogP contribution in [0.2, 0.25) is 0 Å². The predicted molar refractivity (Wildman–Crippen MR) is 87.6 cm³/mol. The number of methoxy groups -OCH3 is 1. The number of amides is 2. The van der Waals surface area contributed by atoms with Gasteiger partial charge in [-0.25, -0.2) is 14.5 Å². The summed E-state index contributed by atoms with van der Waals surface area (Å²) in [6.07, 6.45) is 1.69. The Kier molecular flexibility index (Phi) is 4.78. The number of fused-ring (bicyclic) bond motifs is 1. The van der Waals surface area contributed by atoms with E-state index in [9.17, 15) is 4.79 Å². The van der Waals surface area contributed by atoms with E-state index >= 15 is 0 Å². The number of aryl methyl sites for hydroxylation is 1.